The molecule has 0 atom stereocenters. The van der Waals surface area contributed by atoms with Crippen molar-refractivity contribution in [1.29, 1.82) is 0 Å². The van der Waals surface area contributed by atoms with E-state index in [1.165, 1.54) is 13.2 Å². The van der Waals surface area contributed by atoms with Gasteiger partial charge in [0.2, 0.25) is 5.88 Å². The van der Waals surface area contributed by atoms with Crippen LogP contribution >= 0.6 is 12.2 Å². The number of aromatic hydroxyl groups is 1. The number of ether oxygens (including phenoxy) is 1. The summed E-state index contributed by atoms with van der Waals surface area (Å²) >= 11 is 5.42. The summed E-state index contributed by atoms with van der Waals surface area (Å²) in [5, 5.41) is 10.5. The van der Waals surface area contributed by atoms with E-state index in [1.807, 2.05) is 0 Å². The molecule has 0 unspecified atom stereocenters. The lowest BCUT2D eigenvalue weighted by molar-refractivity contribution is -0.136. The molecule has 28 heavy (non-hydrogen) atoms. The van der Waals surface area contributed by atoms with Crippen LogP contribution in [0.25, 0.3) is 16.2 Å². The van der Waals surface area contributed by atoms with Crippen LogP contribution in [0.2, 0.25) is 0 Å². The maximum absolute atomic E-state index is 13.3. The summed E-state index contributed by atoms with van der Waals surface area (Å²) in [6.45, 7) is 8.54. The average Bonchev–Trinajstić information content (AvgIpc) is 2.89. The normalized spacial score (nSPS) is 11.3. The first-order valence-electron chi connectivity index (χ1n) is 7.96. The van der Waals surface area contributed by atoms with Crippen molar-refractivity contribution < 1.29 is 23.0 Å². The average molecular weight is 405 g/mol. The number of hydrogen-bond acceptors (Lipinski definition) is 3. The lowest BCUT2D eigenvalue weighted by Crippen LogP contribution is -2.07. The molecule has 0 aliphatic rings. The van der Waals surface area contributed by atoms with Crippen LogP contribution < -0.4 is 4.74 Å². The van der Waals surface area contributed by atoms with Crippen LogP contribution in [0.4, 0.5) is 18.9 Å². The highest BCUT2D eigenvalue weighted by molar-refractivity contribution is 7.71. The quantitative estimate of drug-likeness (QED) is 0.456. The first kappa shape index (κ1) is 19.5. The zero-order chi connectivity index (χ0) is 20.6. The minimum atomic E-state index is -4.71. The first-order valence-corrected chi connectivity index (χ1v) is 8.36. The number of hydrogen-bond donors (Lipinski definition) is 1. The number of rotatable bonds is 3. The van der Waals surface area contributed by atoms with E-state index in [1.54, 1.807) is 35.8 Å². The van der Waals surface area contributed by atoms with Crippen molar-refractivity contribution in [1.82, 2.24) is 9.13 Å². The van der Waals surface area contributed by atoms with Gasteiger partial charge in [-0.3, -0.25) is 9.13 Å². The topological polar surface area (TPSA) is 43.7 Å². The Hall–Kier alpha value is -3.25. The molecule has 0 aliphatic carbocycles. The zero-order valence-electron chi connectivity index (χ0n) is 14.8. The van der Waals surface area contributed by atoms with Crippen LogP contribution in [0.5, 0.6) is 11.6 Å². The summed E-state index contributed by atoms with van der Waals surface area (Å²) in [6, 6.07) is 10.0. The maximum Gasteiger partial charge on any atom is 0.407 e. The summed E-state index contributed by atoms with van der Waals surface area (Å²) in [4.78, 5) is 2.92. The van der Waals surface area contributed by atoms with Crippen LogP contribution in [-0.4, -0.2) is 21.4 Å². The van der Waals surface area contributed by atoms with E-state index in [0.717, 1.165) is 16.7 Å². The largest absolute Gasteiger partial charge is 0.497 e. The molecule has 0 spiro atoms. The van der Waals surface area contributed by atoms with Gasteiger partial charge in [0.15, 0.2) is 10.5 Å². The van der Waals surface area contributed by atoms with Gasteiger partial charge in [-0.15, -0.1) is 0 Å². The predicted octanol–water partition coefficient (Wildman–Crippen LogP) is 5.59. The molecular weight excluding hydrogens is 391 g/mol. The van der Waals surface area contributed by atoms with Crippen molar-refractivity contribution in [3.05, 3.63) is 69.9 Å². The molecule has 0 radical (unpaired) electrons. The Morgan fingerprint density at radius 2 is 1.68 bits per heavy atom. The molecule has 0 aliphatic heterocycles. The van der Waals surface area contributed by atoms with E-state index in [0.29, 0.717) is 17.1 Å². The second kappa shape index (κ2) is 7.05. The SMILES string of the molecule is [C-]#[N+]c1ccc(-n2c(O)c(C)n(-c3ccc(OC)cc3)c2=S)cc1C(F)(F)F. The second-order valence-corrected chi connectivity index (χ2v) is 6.24. The molecular formula is C19H14F3N3O2S. The molecule has 1 N–H and O–H groups in total. The summed E-state index contributed by atoms with van der Waals surface area (Å²) in [5.41, 5.74) is -0.619. The van der Waals surface area contributed by atoms with Gasteiger partial charge >= 0.3 is 6.18 Å². The Bertz CT molecular complexity index is 1140. The number of nitrogens with zero attached hydrogens (tertiary/aromatic N) is 3. The lowest BCUT2D eigenvalue weighted by Gasteiger charge is -2.12. The molecule has 9 heteroatoms. The fraction of sp³-hybridized carbons (Fsp3) is 0.158. The van der Waals surface area contributed by atoms with Crippen LogP contribution in [0.1, 0.15) is 11.3 Å². The highest BCUT2D eigenvalue weighted by Gasteiger charge is 2.34. The molecule has 1 aromatic heterocycles. The van der Waals surface area contributed by atoms with E-state index in [2.05, 4.69) is 4.85 Å². The minimum absolute atomic E-state index is 0.0117. The van der Waals surface area contributed by atoms with E-state index in [9.17, 15) is 18.3 Å². The Morgan fingerprint density at radius 1 is 1.07 bits per heavy atom. The summed E-state index contributed by atoms with van der Waals surface area (Å²) in [7, 11) is 1.53. The number of alkyl halides is 3. The van der Waals surface area contributed by atoms with E-state index in [-0.39, 0.29) is 16.3 Å². The molecule has 0 saturated heterocycles. The molecule has 3 rings (SSSR count). The van der Waals surface area contributed by atoms with Crippen LogP contribution in [0.3, 0.4) is 0 Å². The molecule has 3 aromatic rings. The fourth-order valence-corrected chi connectivity index (χ4v) is 3.29. The Kier molecular flexibility index (Phi) is 4.91. The predicted molar refractivity (Wildman–Crippen MR) is 100 cm³/mol. The van der Waals surface area contributed by atoms with E-state index in [4.69, 9.17) is 23.5 Å². The Balaban J connectivity index is 2.22. The monoisotopic (exact) mass is 405 g/mol. The van der Waals surface area contributed by atoms with Crippen LogP contribution in [-0.2, 0) is 6.18 Å². The third kappa shape index (κ3) is 3.23. The van der Waals surface area contributed by atoms with Gasteiger partial charge in [0.1, 0.15) is 5.75 Å². The van der Waals surface area contributed by atoms with Gasteiger partial charge in [-0.05, 0) is 55.5 Å². The van der Waals surface area contributed by atoms with Crippen molar-refractivity contribution in [2.75, 3.05) is 7.11 Å². The van der Waals surface area contributed by atoms with E-state index >= 15 is 0 Å². The number of benzene rings is 2. The highest BCUT2D eigenvalue weighted by atomic mass is 32.1. The number of halogens is 3. The first-order chi connectivity index (χ1) is 13.2. The standard InChI is InChI=1S/C19H14F3N3O2S/c1-11-17(26)25(13-6-9-16(23-2)15(10-13)19(20,21)22)18(28)24(11)12-4-7-14(27-3)8-5-12/h4-10,26H,1,3H3. The zero-order valence-corrected chi connectivity index (χ0v) is 15.6. The molecule has 0 amide bonds. The summed E-state index contributed by atoms with van der Waals surface area (Å²) in [6.07, 6.45) is -4.71. The maximum atomic E-state index is 13.3. The molecule has 144 valence electrons. The summed E-state index contributed by atoms with van der Waals surface area (Å²) in [5.74, 6) is 0.339. The number of methoxy groups -OCH3 is 1. The van der Waals surface area contributed by atoms with Crippen LogP contribution in [0.15, 0.2) is 42.5 Å². The van der Waals surface area contributed by atoms with Gasteiger partial charge in [0, 0.05) is 11.4 Å². The van der Waals surface area contributed by atoms with Gasteiger partial charge in [-0.2, -0.15) is 13.2 Å². The summed E-state index contributed by atoms with van der Waals surface area (Å²) < 4.78 is 47.8. The van der Waals surface area contributed by atoms with Gasteiger partial charge in [-0.25, -0.2) is 4.85 Å². The molecule has 1 heterocycles. The van der Waals surface area contributed by atoms with Gasteiger partial charge < -0.3 is 9.84 Å². The third-order valence-corrected chi connectivity index (χ3v) is 4.61. The number of aromatic nitrogens is 2. The van der Waals surface area contributed by atoms with Crippen LogP contribution in [0, 0.1) is 18.3 Å². The third-order valence-electron chi connectivity index (χ3n) is 4.25. The highest BCUT2D eigenvalue weighted by Crippen LogP contribution is 2.39. The Labute approximate surface area is 163 Å². The minimum Gasteiger partial charge on any atom is -0.497 e. The molecule has 2 aromatic carbocycles. The fourth-order valence-electron chi connectivity index (χ4n) is 2.85. The lowest BCUT2D eigenvalue weighted by atomic mass is 10.1. The molecule has 0 fully saturated rings. The van der Waals surface area contributed by atoms with Gasteiger partial charge in [-0.1, -0.05) is 6.07 Å². The van der Waals surface area contributed by atoms with Crippen molar-refractivity contribution in [2.24, 2.45) is 0 Å². The molecule has 0 saturated carbocycles. The van der Waals surface area contributed by atoms with Crippen molar-refractivity contribution in [2.45, 2.75) is 13.1 Å². The van der Waals surface area contributed by atoms with E-state index < -0.39 is 17.4 Å². The number of imidazole rings is 1. The molecule has 5 nitrogen and oxygen atoms in total. The Morgan fingerprint density at radius 3 is 2.21 bits per heavy atom. The van der Waals surface area contributed by atoms with Crippen molar-refractivity contribution in [3.63, 3.8) is 0 Å². The van der Waals surface area contributed by atoms with Gasteiger partial charge in [0.05, 0.1) is 24.9 Å². The van der Waals surface area contributed by atoms with Crippen molar-refractivity contribution in [3.8, 4) is 23.0 Å². The second-order valence-electron chi connectivity index (χ2n) is 5.87. The smallest absolute Gasteiger partial charge is 0.407 e. The van der Waals surface area contributed by atoms with Crippen molar-refractivity contribution >= 4 is 17.9 Å². The molecule has 0 bridgehead atoms. The van der Waals surface area contributed by atoms with Gasteiger partial charge in [0.25, 0.3) is 0 Å².